The maximum absolute atomic E-state index is 13.4. The van der Waals surface area contributed by atoms with Crippen LogP contribution in [0.1, 0.15) is 39.1 Å². The van der Waals surface area contributed by atoms with Crippen LogP contribution in [-0.2, 0) is 0 Å². The van der Waals surface area contributed by atoms with E-state index in [4.69, 9.17) is 11.6 Å². The number of hydrogen-bond acceptors (Lipinski definition) is 1. The molecule has 0 bridgehead atoms. The molecule has 4 heteroatoms. The van der Waals surface area contributed by atoms with Crippen LogP contribution in [0.15, 0.2) is 12.1 Å². The van der Waals surface area contributed by atoms with Crippen LogP contribution in [0, 0.1) is 19.8 Å². The molecule has 2 heterocycles. The Balaban J connectivity index is 0.000000581. The van der Waals surface area contributed by atoms with Gasteiger partial charge in [-0.05, 0) is 31.5 Å². The van der Waals surface area contributed by atoms with Crippen molar-refractivity contribution in [2.75, 3.05) is 0 Å². The van der Waals surface area contributed by atoms with Gasteiger partial charge in [0.25, 0.3) is 0 Å². The van der Waals surface area contributed by atoms with E-state index in [2.05, 4.69) is 4.98 Å². The summed E-state index contributed by atoms with van der Waals surface area (Å²) in [6.45, 7) is 11.5. The van der Waals surface area contributed by atoms with Crippen LogP contribution < -0.4 is 0 Å². The molecule has 96 valence electrons. The SMILES string of the molecule is CC.CC.Cc1cc(F)n2c(C)nc(Cl)c2c1. The monoisotopic (exact) mass is 258 g/mol. The van der Waals surface area contributed by atoms with E-state index < -0.39 is 0 Å². The minimum Gasteiger partial charge on any atom is -0.271 e. The summed E-state index contributed by atoms with van der Waals surface area (Å²) in [4.78, 5) is 3.98. The topological polar surface area (TPSA) is 17.3 Å². The molecular formula is C13H20ClFN2. The second kappa shape index (κ2) is 7.28. The van der Waals surface area contributed by atoms with Crippen LogP contribution in [0.4, 0.5) is 4.39 Å². The lowest BCUT2D eigenvalue weighted by atomic mass is 10.3. The summed E-state index contributed by atoms with van der Waals surface area (Å²) >= 11 is 5.82. The van der Waals surface area contributed by atoms with Crippen molar-refractivity contribution in [1.29, 1.82) is 0 Å². The Kier molecular flexibility index (Phi) is 6.81. The molecule has 0 unspecified atom stereocenters. The Bertz CT molecular complexity index is 478. The minimum atomic E-state index is -0.327. The molecule has 0 aliphatic rings. The molecule has 0 N–H and O–H groups in total. The fourth-order valence-electron chi connectivity index (χ4n) is 1.42. The van der Waals surface area contributed by atoms with Crippen LogP contribution in [0.5, 0.6) is 0 Å². The molecule has 17 heavy (non-hydrogen) atoms. The van der Waals surface area contributed by atoms with Gasteiger partial charge in [0, 0.05) is 0 Å². The van der Waals surface area contributed by atoms with Gasteiger partial charge in [0.2, 0.25) is 0 Å². The molecular weight excluding hydrogens is 239 g/mol. The molecule has 0 aliphatic heterocycles. The number of imidazole rings is 1. The molecule has 0 fully saturated rings. The first kappa shape index (κ1) is 15.9. The van der Waals surface area contributed by atoms with E-state index in [0.717, 1.165) is 5.56 Å². The first-order valence-electron chi connectivity index (χ1n) is 5.90. The van der Waals surface area contributed by atoms with Gasteiger partial charge in [-0.1, -0.05) is 39.3 Å². The van der Waals surface area contributed by atoms with Crippen LogP contribution >= 0.6 is 11.6 Å². The van der Waals surface area contributed by atoms with Crippen molar-refractivity contribution in [2.24, 2.45) is 0 Å². The number of pyridine rings is 1. The number of aryl methyl sites for hydroxylation is 2. The number of rotatable bonds is 0. The van der Waals surface area contributed by atoms with Gasteiger partial charge in [0.1, 0.15) is 5.82 Å². The number of aromatic nitrogens is 2. The van der Waals surface area contributed by atoms with Crippen molar-refractivity contribution in [1.82, 2.24) is 9.38 Å². The lowest BCUT2D eigenvalue weighted by molar-refractivity contribution is 0.561. The standard InChI is InChI=1S/C9H8ClFN2.2C2H6/c1-5-3-7-9(10)12-6(2)13(7)8(11)4-5;2*1-2/h3-4H,1-2H3;2*1-2H3. The van der Waals surface area contributed by atoms with Crippen molar-refractivity contribution >= 4 is 17.1 Å². The minimum absolute atomic E-state index is 0.327. The highest BCUT2D eigenvalue weighted by Gasteiger charge is 2.09. The predicted octanol–water partition coefficient (Wildman–Crippen LogP) is 4.80. The second-order valence-corrected chi connectivity index (χ2v) is 3.38. The molecule has 2 rings (SSSR count). The van der Waals surface area contributed by atoms with Gasteiger partial charge in [-0.25, -0.2) is 4.98 Å². The van der Waals surface area contributed by atoms with Crippen molar-refractivity contribution < 1.29 is 4.39 Å². The highest BCUT2D eigenvalue weighted by molar-refractivity contribution is 6.32. The smallest absolute Gasteiger partial charge is 0.199 e. The molecule has 0 radical (unpaired) electrons. The van der Waals surface area contributed by atoms with Gasteiger partial charge in [-0.3, -0.25) is 4.40 Å². The summed E-state index contributed by atoms with van der Waals surface area (Å²) in [5, 5.41) is 0.347. The molecule has 0 amide bonds. The summed E-state index contributed by atoms with van der Waals surface area (Å²) in [6, 6.07) is 3.27. The Morgan fingerprint density at radius 3 is 2.18 bits per heavy atom. The van der Waals surface area contributed by atoms with Gasteiger partial charge in [-0.15, -0.1) is 0 Å². The van der Waals surface area contributed by atoms with E-state index in [1.54, 1.807) is 6.92 Å². The quantitative estimate of drug-likeness (QED) is 0.621. The maximum Gasteiger partial charge on any atom is 0.199 e. The van der Waals surface area contributed by atoms with Crippen molar-refractivity contribution in [3.05, 3.63) is 34.6 Å². The van der Waals surface area contributed by atoms with E-state index in [1.165, 1.54) is 10.5 Å². The first-order chi connectivity index (χ1) is 8.09. The molecule has 2 nitrogen and oxygen atoms in total. The number of hydrogen-bond donors (Lipinski definition) is 0. The van der Waals surface area contributed by atoms with Crippen LogP contribution in [-0.4, -0.2) is 9.38 Å². The van der Waals surface area contributed by atoms with Crippen molar-refractivity contribution in [2.45, 2.75) is 41.5 Å². The highest BCUT2D eigenvalue weighted by Crippen LogP contribution is 2.20. The summed E-state index contributed by atoms with van der Waals surface area (Å²) < 4.78 is 14.8. The van der Waals surface area contributed by atoms with E-state index in [-0.39, 0.29) is 5.95 Å². The predicted molar refractivity (Wildman–Crippen MR) is 72.3 cm³/mol. The van der Waals surface area contributed by atoms with Gasteiger partial charge in [-0.2, -0.15) is 4.39 Å². The van der Waals surface area contributed by atoms with E-state index in [0.29, 0.717) is 16.5 Å². The summed E-state index contributed by atoms with van der Waals surface area (Å²) in [5.74, 6) is 0.240. The third-order valence-electron chi connectivity index (χ3n) is 1.96. The molecule has 0 atom stereocenters. The third-order valence-corrected chi connectivity index (χ3v) is 2.24. The van der Waals surface area contributed by atoms with Gasteiger partial charge in [0.15, 0.2) is 11.1 Å². The molecule has 2 aromatic rings. The van der Waals surface area contributed by atoms with Gasteiger partial charge >= 0.3 is 0 Å². The van der Waals surface area contributed by atoms with Crippen LogP contribution in [0.3, 0.4) is 0 Å². The van der Waals surface area contributed by atoms with Crippen LogP contribution in [0.2, 0.25) is 5.15 Å². The molecule has 0 saturated heterocycles. The highest BCUT2D eigenvalue weighted by atomic mass is 35.5. The Morgan fingerprint density at radius 1 is 1.12 bits per heavy atom. The average molecular weight is 259 g/mol. The Hall–Kier alpha value is -1.09. The van der Waals surface area contributed by atoms with Gasteiger partial charge < -0.3 is 0 Å². The fraction of sp³-hybridized carbons (Fsp3) is 0.462. The van der Waals surface area contributed by atoms with Crippen molar-refractivity contribution in [3.8, 4) is 0 Å². The largest absolute Gasteiger partial charge is 0.271 e. The third kappa shape index (κ3) is 3.43. The molecule has 0 saturated carbocycles. The lowest BCUT2D eigenvalue weighted by Crippen LogP contribution is -1.95. The van der Waals surface area contributed by atoms with E-state index in [1.807, 2.05) is 40.7 Å². The zero-order valence-corrected chi connectivity index (χ0v) is 12.1. The Labute approximate surface area is 107 Å². The molecule has 0 spiro atoms. The molecule has 2 aromatic heterocycles. The van der Waals surface area contributed by atoms with E-state index >= 15 is 0 Å². The summed E-state index contributed by atoms with van der Waals surface area (Å²) in [6.07, 6.45) is 0. The fourth-order valence-corrected chi connectivity index (χ4v) is 1.68. The summed E-state index contributed by atoms with van der Waals surface area (Å²) in [5.41, 5.74) is 1.46. The Morgan fingerprint density at radius 2 is 1.65 bits per heavy atom. The number of nitrogens with zero attached hydrogens (tertiary/aromatic N) is 2. The normalized spacial score (nSPS) is 9.18. The lowest BCUT2D eigenvalue weighted by Gasteiger charge is -1.99. The zero-order chi connectivity index (χ0) is 13.6. The molecule has 0 aliphatic carbocycles. The van der Waals surface area contributed by atoms with Crippen LogP contribution in [0.25, 0.3) is 5.52 Å². The number of fused-ring (bicyclic) bond motifs is 1. The molecule has 0 aromatic carbocycles. The van der Waals surface area contributed by atoms with Gasteiger partial charge in [0.05, 0.1) is 5.52 Å². The zero-order valence-electron chi connectivity index (χ0n) is 11.3. The maximum atomic E-state index is 13.4. The second-order valence-electron chi connectivity index (χ2n) is 3.03. The van der Waals surface area contributed by atoms with E-state index in [9.17, 15) is 4.39 Å². The first-order valence-corrected chi connectivity index (χ1v) is 6.28. The number of halogens is 2. The average Bonchev–Trinajstić information content (AvgIpc) is 2.60. The summed E-state index contributed by atoms with van der Waals surface area (Å²) in [7, 11) is 0. The van der Waals surface area contributed by atoms with Crippen molar-refractivity contribution in [3.63, 3.8) is 0 Å².